The van der Waals surface area contributed by atoms with Crippen LogP contribution in [-0.2, 0) is 10.0 Å². The summed E-state index contributed by atoms with van der Waals surface area (Å²) in [5, 5.41) is 6.65. The Labute approximate surface area is 143 Å². The number of hydrogen-bond acceptors (Lipinski definition) is 3. The summed E-state index contributed by atoms with van der Waals surface area (Å²) in [6, 6.07) is 0.392. The largest absolute Gasteiger partial charge is 0.357 e. The van der Waals surface area contributed by atoms with Crippen LogP contribution in [-0.4, -0.2) is 45.8 Å². The van der Waals surface area contributed by atoms with Crippen molar-refractivity contribution in [1.82, 2.24) is 15.4 Å². The van der Waals surface area contributed by atoms with E-state index in [1.165, 1.54) is 25.7 Å². The lowest BCUT2D eigenvalue weighted by atomic mass is 10.1. The molecule has 0 amide bonds. The molecule has 0 aromatic heterocycles. The molecule has 0 aromatic rings. The van der Waals surface area contributed by atoms with Gasteiger partial charge in [0.05, 0.1) is 5.75 Å². The van der Waals surface area contributed by atoms with Gasteiger partial charge in [-0.1, -0.05) is 32.6 Å². The summed E-state index contributed by atoms with van der Waals surface area (Å²) in [6.45, 7) is 9.92. The molecular formula is C16H36N4O2S. The van der Waals surface area contributed by atoms with E-state index in [-0.39, 0.29) is 5.75 Å². The van der Waals surface area contributed by atoms with Gasteiger partial charge in [-0.2, -0.15) is 0 Å². The number of nitrogens with one attached hydrogen (secondary N) is 3. The zero-order valence-electron chi connectivity index (χ0n) is 15.3. The van der Waals surface area contributed by atoms with Crippen LogP contribution in [0, 0.1) is 0 Å². The molecule has 1 unspecified atom stereocenters. The molecule has 0 fully saturated rings. The highest BCUT2D eigenvalue weighted by Gasteiger charge is 2.06. The van der Waals surface area contributed by atoms with Gasteiger partial charge in [0, 0.05) is 25.7 Å². The topological polar surface area (TPSA) is 82.6 Å². The second-order valence-electron chi connectivity index (χ2n) is 5.81. The third-order valence-electron chi connectivity index (χ3n) is 3.52. The van der Waals surface area contributed by atoms with Crippen LogP contribution < -0.4 is 15.4 Å². The van der Waals surface area contributed by atoms with Gasteiger partial charge < -0.3 is 10.6 Å². The molecule has 23 heavy (non-hydrogen) atoms. The maximum absolute atomic E-state index is 11.3. The molecule has 0 heterocycles. The van der Waals surface area contributed by atoms with Crippen LogP contribution in [0.4, 0.5) is 0 Å². The Kier molecular flexibility index (Phi) is 13.1. The van der Waals surface area contributed by atoms with Crippen molar-refractivity contribution in [1.29, 1.82) is 0 Å². The monoisotopic (exact) mass is 348 g/mol. The van der Waals surface area contributed by atoms with Gasteiger partial charge in [0.15, 0.2) is 5.96 Å². The summed E-state index contributed by atoms with van der Waals surface area (Å²) in [4.78, 5) is 4.50. The average molecular weight is 349 g/mol. The number of nitrogens with zero attached hydrogens (tertiary/aromatic N) is 1. The first kappa shape index (κ1) is 22.2. The van der Waals surface area contributed by atoms with Crippen LogP contribution in [0.1, 0.15) is 66.2 Å². The number of aliphatic imine (C=N–C) groups is 1. The molecule has 0 saturated carbocycles. The predicted molar refractivity (Wildman–Crippen MR) is 99.4 cm³/mol. The third-order valence-corrected chi connectivity index (χ3v) is 4.93. The molecule has 138 valence electrons. The summed E-state index contributed by atoms with van der Waals surface area (Å²) in [5.41, 5.74) is 0. The fourth-order valence-electron chi connectivity index (χ4n) is 2.10. The first-order chi connectivity index (χ1) is 10.9. The quantitative estimate of drug-likeness (QED) is 0.271. The number of hydrogen-bond donors (Lipinski definition) is 3. The van der Waals surface area contributed by atoms with Crippen LogP contribution in [0.3, 0.4) is 0 Å². The third kappa shape index (κ3) is 13.3. The van der Waals surface area contributed by atoms with E-state index in [0.29, 0.717) is 25.6 Å². The Bertz CT molecular complexity index is 410. The van der Waals surface area contributed by atoms with Crippen molar-refractivity contribution in [2.45, 2.75) is 72.3 Å². The van der Waals surface area contributed by atoms with Crippen LogP contribution in [0.5, 0.6) is 0 Å². The Morgan fingerprint density at radius 2 is 1.83 bits per heavy atom. The van der Waals surface area contributed by atoms with Crippen LogP contribution >= 0.6 is 0 Å². The van der Waals surface area contributed by atoms with Crippen LogP contribution in [0.25, 0.3) is 0 Å². The van der Waals surface area contributed by atoms with Gasteiger partial charge in [-0.15, -0.1) is 0 Å². The lowest BCUT2D eigenvalue weighted by Gasteiger charge is -2.17. The van der Waals surface area contributed by atoms with E-state index >= 15 is 0 Å². The van der Waals surface area contributed by atoms with E-state index in [2.05, 4.69) is 34.2 Å². The van der Waals surface area contributed by atoms with Gasteiger partial charge in [0.1, 0.15) is 0 Å². The Morgan fingerprint density at radius 3 is 2.43 bits per heavy atom. The molecule has 0 aliphatic heterocycles. The van der Waals surface area contributed by atoms with E-state index in [9.17, 15) is 8.42 Å². The summed E-state index contributed by atoms with van der Waals surface area (Å²) in [7, 11) is -3.09. The minimum atomic E-state index is -3.09. The molecule has 0 bridgehead atoms. The van der Waals surface area contributed by atoms with E-state index in [0.717, 1.165) is 18.9 Å². The molecular weight excluding hydrogens is 312 g/mol. The first-order valence-electron chi connectivity index (χ1n) is 8.97. The number of guanidine groups is 1. The highest BCUT2D eigenvalue weighted by Crippen LogP contribution is 2.05. The van der Waals surface area contributed by atoms with Crippen LogP contribution in [0.2, 0.25) is 0 Å². The number of sulfonamides is 1. The van der Waals surface area contributed by atoms with Gasteiger partial charge in [0.25, 0.3) is 0 Å². The van der Waals surface area contributed by atoms with Gasteiger partial charge in [-0.05, 0) is 33.6 Å². The molecule has 0 spiro atoms. The molecule has 0 rings (SSSR count). The number of unbranched alkanes of at least 4 members (excludes halogenated alkanes) is 3. The molecule has 7 heteroatoms. The molecule has 0 radical (unpaired) electrons. The van der Waals surface area contributed by atoms with Crippen LogP contribution in [0.15, 0.2) is 4.99 Å². The minimum Gasteiger partial charge on any atom is -0.357 e. The van der Waals surface area contributed by atoms with E-state index < -0.39 is 10.0 Å². The Morgan fingerprint density at radius 1 is 1.09 bits per heavy atom. The maximum Gasteiger partial charge on any atom is 0.211 e. The van der Waals surface area contributed by atoms with Crippen molar-refractivity contribution in [3.63, 3.8) is 0 Å². The van der Waals surface area contributed by atoms with Crippen molar-refractivity contribution in [3.8, 4) is 0 Å². The standard InChI is InChI=1S/C16H36N4O2S/c1-5-8-9-10-12-15(4)20-16(17-6-2)18-13-11-14-19-23(21,22)7-3/h15,19H,5-14H2,1-4H3,(H2,17,18,20). The smallest absolute Gasteiger partial charge is 0.211 e. The summed E-state index contributed by atoms with van der Waals surface area (Å²) >= 11 is 0. The Hall–Kier alpha value is -0.820. The van der Waals surface area contributed by atoms with Gasteiger partial charge in [-0.25, -0.2) is 13.1 Å². The lowest BCUT2D eigenvalue weighted by Crippen LogP contribution is -2.42. The molecule has 0 aliphatic carbocycles. The molecule has 3 N–H and O–H groups in total. The fraction of sp³-hybridized carbons (Fsp3) is 0.938. The highest BCUT2D eigenvalue weighted by molar-refractivity contribution is 7.89. The molecule has 0 saturated heterocycles. The maximum atomic E-state index is 11.3. The van der Waals surface area contributed by atoms with Crippen molar-refractivity contribution in [2.24, 2.45) is 4.99 Å². The summed E-state index contributed by atoms with van der Waals surface area (Å²) in [5.74, 6) is 0.935. The second-order valence-corrected chi connectivity index (χ2v) is 7.90. The molecule has 0 aromatic carbocycles. The SMILES string of the molecule is CCCCCCC(C)NC(=NCCCNS(=O)(=O)CC)NCC. The predicted octanol–water partition coefficient (Wildman–Crippen LogP) is 2.23. The van der Waals surface area contributed by atoms with Crippen molar-refractivity contribution in [2.75, 3.05) is 25.4 Å². The summed E-state index contributed by atoms with van der Waals surface area (Å²) < 4.78 is 25.2. The normalized spacial score (nSPS) is 13.8. The first-order valence-corrected chi connectivity index (χ1v) is 10.6. The Balaban J connectivity index is 4.07. The van der Waals surface area contributed by atoms with E-state index in [1.54, 1.807) is 6.92 Å². The molecule has 0 aliphatic rings. The second kappa shape index (κ2) is 13.6. The zero-order chi connectivity index (χ0) is 17.6. The van der Waals surface area contributed by atoms with Gasteiger partial charge >= 0.3 is 0 Å². The van der Waals surface area contributed by atoms with Gasteiger partial charge in [0.2, 0.25) is 10.0 Å². The van der Waals surface area contributed by atoms with Crippen molar-refractivity contribution >= 4 is 16.0 Å². The highest BCUT2D eigenvalue weighted by atomic mass is 32.2. The minimum absolute atomic E-state index is 0.121. The fourth-order valence-corrected chi connectivity index (χ4v) is 2.76. The lowest BCUT2D eigenvalue weighted by molar-refractivity contribution is 0.537. The van der Waals surface area contributed by atoms with E-state index in [1.807, 2.05) is 6.92 Å². The zero-order valence-corrected chi connectivity index (χ0v) is 16.1. The average Bonchev–Trinajstić information content (AvgIpc) is 2.51. The van der Waals surface area contributed by atoms with Crippen molar-refractivity contribution in [3.05, 3.63) is 0 Å². The number of rotatable bonds is 13. The summed E-state index contributed by atoms with van der Waals surface area (Å²) in [6.07, 6.45) is 6.91. The molecule has 6 nitrogen and oxygen atoms in total. The van der Waals surface area contributed by atoms with Crippen molar-refractivity contribution < 1.29 is 8.42 Å². The molecule has 1 atom stereocenters. The van der Waals surface area contributed by atoms with E-state index in [4.69, 9.17) is 0 Å². The van der Waals surface area contributed by atoms with Gasteiger partial charge in [-0.3, -0.25) is 4.99 Å².